The highest BCUT2D eigenvalue weighted by molar-refractivity contribution is 14.1. The second-order valence-electron chi connectivity index (χ2n) is 3.65. The third-order valence-electron chi connectivity index (χ3n) is 2.05. The van der Waals surface area contributed by atoms with Gasteiger partial charge in [0.1, 0.15) is 0 Å². The van der Waals surface area contributed by atoms with Crippen molar-refractivity contribution in [2.45, 2.75) is 17.9 Å². The summed E-state index contributed by atoms with van der Waals surface area (Å²) in [6, 6.07) is 3.83. The number of aliphatic hydroxyl groups excluding tert-OH is 1. The van der Waals surface area contributed by atoms with Gasteiger partial charge in [-0.05, 0) is 47.7 Å². The van der Waals surface area contributed by atoms with Gasteiger partial charge in [0.15, 0.2) is 0 Å². The molecule has 3 N–H and O–H groups in total. The first-order valence-corrected chi connectivity index (χ1v) is 7.51. The number of rotatable bonds is 5. The van der Waals surface area contributed by atoms with Crippen molar-refractivity contribution in [3.05, 3.63) is 27.3 Å². The smallest absolute Gasteiger partial charge is 0.336 e. The minimum atomic E-state index is -3.80. The zero-order valence-electron chi connectivity index (χ0n) is 9.42. The lowest BCUT2D eigenvalue weighted by Crippen LogP contribution is -2.30. The minimum absolute atomic E-state index is 0.0736. The second-order valence-corrected chi connectivity index (χ2v) is 6.58. The molecule has 6 nitrogen and oxygen atoms in total. The Kier molecular flexibility index (Phi) is 5.08. The van der Waals surface area contributed by atoms with Gasteiger partial charge in [0.05, 0.1) is 16.6 Å². The van der Waals surface area contributed by atoms with Crippen LogP contribution in [0.4, 0.5) is 0 Å². The normalized spacial score (nSPS) is 13.3. The Balaban J connectivity index is 3.10. The molecule has 0 aromatic heterocycles. The lowest BCUT2D eigenvalue weighted by Gasteiger charge is -2.09. The zero-order chi connectivity index (χ0) is 13.9. The summed E-state index contributed by atoms with van der Waals surface area (Å²) in [6.45, 7) is 1.32. The first-order valence-electron chi connectivity index (χ1n) is 4.94. The number of carboxylic acid groups (broad SMARTS) is 1. The summed E-state index contributed by atoms with van der Waals surface area (Å²) in [6.07, 6.45) is -0.817. The largest absolute Gasteiger partial charge is 0.478 e. The van der Waals surface area contributed by atoms with Gasteiger partial charge in [0, 0.05) is 10.1 Å². The molecule has 0 aliphatic carbocycles. The summed E-state index contributed by atoms with van der Waals surface area (Å²) in [7, 11) is -3.80. The van der Waals surface area contributed by atoms with Crippen molar-refractivity contribution in [1.29, 1.82) is 0 Å². The molecule has 1 aromatic carbocycles. The summed E-state index contributed by atoms with van der Waals surface area (Å²) in [5.41, 5.74) is -0.0736. The number of carbonyl (C=O) groups is 1. The predicted molar refractivity (Wildman–Crippen MR) is 73.0 cm³/mol. The number of carboxylic acids is 1. The zero-order valence-corrected chi connectivity index (χ0v) is 12.4. The predicted octanol–water partition coefficient (Wildman–Crippen LogP) is 0.649. The fraction of sp³-hybridized carbons (Fsp3) is 0.300. The fourth-order valence-electron chi connectivity index (χ4n) is 1.15. The molecule has 0 aliphatic heterocycles. The fourth-order valence-corrected chi connectivity index (χ4v) is 2.86. The quantitative estimate of drug-likeness (QED) is 0.646. The van der Waals surface area contributed by atoms with Crippen molar-refractivity contribution in [2.75, 3.05) is 6.54 Å². The van der Waals surface area contributed by atoms with E-state index in [4.69, 9.17) is 10.2 Å². The van der Waals surface area contributed by atoms with Crippen LogP contribution in [0, 0.1) is 3.57 Å². The van der Waals surface area contributed by atoms with E-state index in [1.165, 1.54) is 19.1 Å². The molecule has 1 unspecified atom stereocenters. The third-order valence-corrected chi connectivity index (χ3v) is 4.41. The molecule has 0 spiro atoms. The maximum Gasteiger partial charge on any atom is 0.336 e. The second kappa shape index (κ2) is 5.95. The Morgan fingerprint density at radius 1 is 1.50 bits per heavy atom. The van der Waals surface area contributed by atoms with Gasteiger partial charge in [-0.1, -0.05) is 0 Å². The molecule has 8 heteroatoms. The van der Waals surface area contributed by atoms with Crippen LogP contribution in [0.15, 0.2) is 23.1 Å². The van der Waals surface area contributed by atoms with E-state index in [0.29, 0.717) is 3.57 Å². The van der Waals surface area contributed by atoms with Crippen molar-refractivity contribution in [3.8, 4) is 0 Å². The van der Waals surface area contributed by atoms with Gasteiger partial charge in [-0.3, -0.25) is 0 Å². The molecule has 1 rings (SSSR count). The highest BCUT2D eigenvalue weighted by Crippen LogP contribution is 2.17. The van der Waals surface area contributed by atoms with Crippen LogP contribution in [0.25, 0.3) is 0 Å². The molecule has 0 saturated heterocycles. The van der Waals surface area contributed by atoms with E-state index < -0.39 is 22.1 Å². The van der Waals surface area contributed by atoms with E-state index in [9.17, 15) is 13.2 Å². The highest BCUT2D eigenvalue weighted by atomic mass is 127. The number of nitrogens with one attached hydrogen (secondary N) is 1. The average Bonchev–Trinajstić information content (AvgIpc) is 2.26. The number of hydrogen-bond acceptors (Lipinski definition) is 4. The van der Waals surface area contributed by atoms with Gasteiger partial charge < -0.3 is 10.2 Å². The molecule has 0 radical (unpaired) electrons. The standard InChI is InChI=1S/C10H12INO5S/c1-6(13)5-12-18(16,17)7-2-3-9(11)8(4-7)10(14)15/h2-4,6,12-13H,5H2,1H3,(H,14,15). The maximum absolute atomic E-state index is 11.8. The topological polar surface area (TPSA) is 104 Å². The van der Waals surface area contributed by atoms with Crippen molar-refractivity contribution in [3.63, 3.8) is 0 Å². The molecular weight excluding hydrogens is 373 g/mol. The summed E-state index contributed by atoms with van der Waals surface area (Å²) in [4.78, 5) is 10.8. The number of benzene rings is 1. The Bertz CT molecular complexity index is 555. The first kappa shape index (κ1) is 15.3. The van der Waals surface area contributed by atoms with E-state index >= 15 is 0 Å². The van der Waals surface area contributed by atoms with Crippen molar-refractivity contribution in [2.24, 2.45) is 0 Å². The van der Waals surface area contributed by atoms with Crippen molar-refractivity contribution < 1.29 is 23.4 Å². The number of halogens is 1. The Morgan fingerprint density at radius 3 is 2.61 bits per heavy atom. The summed E-state index contributed by atoms with van der Waals surface area (Å²) in [5.74, 6) is -1.19. The van der Waals surface area contributed by atoms with Gasteiger partial charge in [-0.25, -0.2) is 17.9 Å². The molecule has 1 aromatic rings. The third kappa shape index (κ3) is 3.90. The number of aromatic carboxylic acids is 1. The highest BCUT2D eigenvalue weighted by Gasteiger charge is 2.18. The van der Waals surface area contributed by atoms with Crippen LogP contribution < -0.4 is 4.72 Å². The van der Waals surface area contributed by atoms with E-state index in [-0.39, 0.29) is 17.0 Å². The number of hydrogen-bond donors (Lipinski definition) is 3. The van der Waals surface area contributed by atoms with Gasteiger partial charge in [0.2, 0.25) is 10.0 Å². The Morgan fingerprint density at radius 2 is 2.11 bits per heavy atom. The van der Waals surface area contributed by atoms with Gasteiger partial charge in [0.25, 0.3) is 0 Å². The van der Waals surface area contributed by atoms with E-state index in [2.05, 4.69) is 4.72 Å². The van der Waals surface area contributed by atoms with E-state index in [1.807, 2.05) is 22.6 Å². The molecule has 100 valence electrons. The molecular formula is C10H12INO5S. The molecule has 0 amide bonds. The van der Waals surface area contributed by atoms with Gasteiger partial charge >= 0.3 is 5.97 Å². The molecule has 18 heavy (non-hydrogen) atoms. The molecule has 0 bridgehead atoms. The monoisotopic (exact) mass is 385 g/mol. The minimum Gasteiger partial charge on any atom is -0.478 e. The van der Waals surface area contributed by atoms with E-state index in [0.717, 1.165) is 6.07 Å². The SMILES string of the molecule is CC(O)CNS(=O)(=O)c1ccc(I)c(C(=O)O)c1. The van der Waals surface area contributed by atoms with Crippen LogP contribution in [0.5, 0.6) is 0 Å². The van der Waals surface area contributed by atoms with Crippen molar-refractivity contribution in [1.82, 2.24) is 4.72 Å². The van der Waals surface area contributed by atoms with Crippen LogP contribution in [0.3, 0.4) is 0 Å². The Hall–Kier alpha value is -0.710. The van der Waals surface area contributed by atoms with Crippen LogP contribution in [0.2, 0.25) is 0 Å². The molecule has 0 heterocycles. The van der Waals surface area contributed by atoms with Crippen molar-refractivity contribution >= 4 is 38.6 Å². The molecule has 0 fully saturated rings. The Labute approximate surface area is 118 Å². The molecule has 0 saturated carbocycles. The van der Waals surface area contributed by atoms with Crippen LogP contribution in [-0.4, -0.2) is 37.2 Å². The molecule has 1 atom stereocenters. The average molecular weight is 385 g/mol. The lowest BCUT2D eigenvalue weighted by atomic mass is 10.2. The van der Waals surface area contributed by atoms with Gasteiger partial charge in [-0.15, -0.1) is 0 Å². The van der Waals surface area contributed by atoms with Crippen LogP contribution in [0.1, 0.15) is 17.3 Å². The number of sulfonamides is 1. The first-order chi connectivity index (χ1) is 8.24. The number of aliphatic hydroxyl groups is 1. The lowest BCUT2D eigenvalue weighted by molar-refractivity contribution is 0.0695. The van der Waals surface area contributed by atoms with Crippen LogP contribution in [-0.2, 0) is 10.0 Å². The van der Waals surface area contributed by atoms with Gasteiger partial charge in [-0.2, -0.15) is 0 Å². The summed E-state index contributed by atoms with van der Waals surface area (Å²) < 4.78 is 26.3. The summed E-state index contributed by atoms with van der Waals surface area (Å²) >= 11 is 1.82. The molecule has 0 aliphatic rings. The summed E-state index contributed by atoms with van der Waals surface area (Å²) in [5, 5.41) is 17.9. The van der Waals surface area contributed by atoms with E-state index in [1.54, 1.807) is 0 Å². The maximum atomic E-state index is 11.8. The van der Waals surface area contributed by atoms with Crippen LogP contribution >= 0.6 is 22.6 Å².